The number of benzene rings is 1. The van der Waals surface area contributed by atoms with Crippen molar-refractivity contribution in [1.82, 2.24) is 4.31 Å². The Morgan fingerprint density at radius 2 is 1.81 bits per heavy atom. The van der Waals surface area contributed by atoms with Crippen LogP contribution >= 0.6 is 15.9 Å². The van der Waals surface area contributed by atoms with Gasteiger partial charge in [-0.15, -0.1) is 0 Å². The highest BCUT2D eigenvalue weighted by molar-refractivity contribution is 9.10. The summed E-state index contributed by atoms with van der Waals surface area (Å²) in [7, 11) is -3.53. The van der Waals surface area contributed by atoms with E-state index in [1.54, 1.807) is 12.1 Å². The Bertz CT molecular complexity index is 634. The predicted molar refractivity (Wildman–Crippen MR) is 81.2 cm³/mol. The lowest BCUT2D eigenvalue weighted by Crippen LogP contribution is -2.47. The van der Waals surface area contributed by atoms with E-state index in [-0.39, 0.29) is 4.90 Å². The topological polar surface area (TPSA) is 81.9 Å². The molecule has 2 N–H and O–H groups in total. The normalized spacial score (nSPS) is 22.7. The van der Waals surface area contributed by atoms with Crippen molar-refractivity contribution < 1.29 is 17.9 Å². The number of sulfonamides is 1. The second kappa shape index (κ2) is 5.51. The number of nitrogen functional groups attached to an aromatic ring is 1. The third-order valence-electron chi connectivity index (χ3n) is 3.90. The molecule has 6 nitrogen and oxygen atoms in total. The van der Waals surface area contributed by atoms with Gasteiger partial charge in [-0.25, -0.2) is 8.42 Å². The van der Waals surface area contributed by atoms with Gasteiger partial charge in [0.15, 0.2) is 5.79 Å². The molecule has 2 aliphatic heterocycles. The van der Waals surface area contributed by atoms with Gasteiger partial charge >= 0.3 is 0 Å². The Labute approximate surface area is 132 Å². The number of piperidine rings is 1. The van der Waals surface area contributed by atoms with Crippen LogP contribution in [0.1, 0.15) is 12.8 Å². The number of halogens is 1. The van der Waals surface area contributed by atoms with Gasteiger partial charge in [-0.2, -0.15) is 4.31 Å². The van der Waals surface area contributed by atoms with Crippen LogP contribution in [0.4, 0.5) is 5.69 Å². The molecule has 0 aliphatic carbocycles. The first-order valence-corrected chi connectivity index (χ1v) is 8.99. The molecule has 0 saturated carbocycles. The second-order valence-corrected chi connectivity index (χ2v) is 7.99. The van der Waals surface area contributed by atoms with Crippen molar-refractivity contribution in [2.75, 3.05) is 32.0 Å². The Balaban J connectivity index is 1.78. The van der Waals surface area contributed by atoms with Crippen molar-refractivity contribution in [3.63, 3.8) is 0 Å². The van der Waals surface area contributed by atoms with Crippen LogP contribution in [0.3, 0.4) is 0 Å². The van der Waals surface area contributed by atoms with E-state index in [1.807, 2.05) is 0 Å². The van der Waals surface area contributed by atoms with Crippen LogP contribution < -0.4 is 5.73 Å². The van der Waals surface area contributed by atoms with Crippen molar-refractivity contribution in [3.05, 3.63) is 22.7 Å². The number of hydrogen-bond acceptors (Lipinski definition) is 5. The SMILES string of the molecule is Nc1cc(S(=O)(=O)N2CCC3(CC2)OCCO3)ccc1Br. The molecular weight excluding hydrogens is 360 g/mol. The number of nitrogens with two attached hydrogens (primary N) is 1. The molecule has 0 amide bonds. The first kappa shape index (κ1) is 15.2. The molecule has 2 heterocycles. The Morgan fingerprint density at radius 3 is 2.38 bits per heavy atom. The maximum Gasteiger partial charge on any atom is 0.243 e. The summed E-state index contributed by atoms with van der Waals surface area (Å²) in [6, 6.07) is 4.69. The van der Waals surface area contributed by atoms with Crippen molar-refractivity contribution in [2.45, 2.75) is 23.5 Å². The van der Waals surface area contributed by atoms with Crippen molar-refractivity contribution in [2.24, 2.45) is 0 Å². The summed E-state index contributed by atoms with van der Waals surface area (Å²) < 4.78 is 38.6. The lowest BCUT2D eigenvalue weighted by atomic mass is 10.1. The van der Waals surface area contributed by atoms with Gasteiger partial charge in [0.05, 0.1) is 18.1 Å². The fraction of sp³-hybridized carbons (Fsp3) is 0.538. The van der Waals surface area contributed by atoms with Crippen LogP contribution in [0.2, 0.25) is 0 Å². The molecule has 0 radical (unpaired) electrons. The van der Waals surface area contributed by atoms with Gasteiger partial charge in [-0.05, 0) is 34.1 Å². The summed E-state index contributed by atoms with van der Waals surface area (Å²) >= 11 is 3.27. The highest BCUT2D eigenvalue weighted by Gasteiger charge is 2.42. The fourth-order valence-corrected chi connectivity index (χ4v) is 4.41. The maximum absolute atomic E-state index is 12.6. The van der Waals surface area contributed by atoms with Crippen LogP contribution in [-0.2, 0) is 19.5 Å². The largest absolute Gasteiger partial charge is 0.398 e. The van der Waals surface area contributed by atoms with Crippen LogP contribution in [0.15, 0.2) is 27.6 Å². The van der Waals surface area contributed by atoms with Crippen molar-refractivity contribution in [1.29, 1.82) is 0 Å². The average Bonchev–Trinajstić information content (AvgIpc) is 2.90. The number of anilines is 1. The van der Waals surface area contributed by atoms with Crippen LogP contribution in [0, 0.1) is 0 Å². The summed E-state index contributed by atoms with van der Waals surface area (Å²) in [4.78, 5) is 0.215. The lowest BCUT2D eigenvalue weighted by molar-refractivity contribution is -0.179. The minimum Gasteiger partial charge on any atom is -0.398 e. The Hall–Kier alpha value is -0.670. The van der Waals surface area contributed by atoms with Gasteiger partial charge in [-0.3, -0.25) is 0 Å². The predicted octanol–water partition coefficient (Wildman–Crippen LogP) is 1.56. The second-order valence-electron chi connectivity index (χ2n) is 5.20. The quantitative estimate of drug-likeness (QED) is 0.791. The van der Waals surface area contributed by atoms with Gasteiger partial charge in [-0.1, -0.05) is 0 Å². The van der Waals surface area contributed by atoms with E-state index in [9.17, 15) is 8.42 Å². The smallest absolute Gasteiger partial charge is 0.243 e. The van der Waals surface area contributed by atoms with Gasteiger partial charge in [0.25, 0.3) is 0 Å². The van der Waals surface area contributed by atoms with E-state index in [0.29, 0.717) is 49.3 Å². The molecule has 2 aliphatic rings. The average molecular weight is 377 g/mol. The summed E-state index contributed by atoms with van der Waals surface area (Å²) in [6.07, 6.45) is 1.11. The Morgan fingerprint density at radius 1 is 1.19 bits per heavy atom. The molecule has 3 rings (SSSR count). The summed E-state index contributed by atoms with van der Waals surface area (Å²) in [5, 5.41) is 0. The molecule has 0 unspecified atom stereocenters. The first-order chi connectivity index (χ1) is 9.93. The van der Waals surface area contributed by atoms with Crippen molar-refractivity contribution >= 4 is 31.6 Å². The van der Waals surface area contributed by atoms with Crippen LogP contribution in [0.5, 0.6) is 0 Å². The molecule has 2 fully saturated rings. The highest BCUT2D eigenvalue weighted by Crippen LogP contribution is 2.34. The fourth-order valence-electron chi connectivity index (χ4n) is 2.68. The van der Waals surface area contributed by atoms with E-state index in [1.165, 1.54) is 10.4 Å². The van der Waals surface area contributed by atoms with E-state index in [4.69, 9.17) is 15.2 Å². The van der Waals surface area contributed by atoms with E-state index in [0.717, 1.165) is 0 Å². The number of hydrogen-bond donors (Lipinski definition) is 1. The molecule has 0 atom stereocenters. The molecule has 1 spiro atoms. The van der Waals surface area contributed by atoms with Gasteiger partial charge < -0.3 is 15.2 Å². The number of rotatable bonds is 2. The third-order valence-corrected chi connectivity index (χ3v) is 6.52. The minimum atomic E-state index is -3.53. The van der Waals surface area contributed by atoms with E-state index >= 15 is 0 Å². The van der Waals surface area contributed by atoms with Crippen molar-refractivity contribution in [3.8, 4) is 0 Å². The van der Waals surface area contributed by atoms with Crippen LogP contribution in [0.25, 0.3) is 0 Å². The Kier molecular flexibility index (Phi) is 4.00. The summed E-state index contributed by atoms with van der Waals surface area (Å²) in [5.41, 5.74) is 6.18. The number of nitrogens with zero attached hydrogens (tertiary/aromatic N) is 1. The lowest BCUT2D eigenvalue weighted by Gasteiger charge is -2.36. The molecule has 1 aromatic carbocycles. The molecule has 116 valence electrons. The van der Waals surface area contributed by atoms with E-state index < -0.39 is 15.8 Å². The molecule has 8 heteroatoms. The molecular formula is C13H17BrN2O4S. The maximum atomic E-state index is 12.6. The standard InChI is InChI=1S/C13H17BrN2O4S/c14-11-2-1-10(9-12(11)15)21(17,18)16-5-3-13(4-6-16)19-7-8-20-13/h1-2,9H,3-8,15H2. The van der Waals surface area contributed by atoms with Gasteiger partial charge in [0.2, 0.25) is 10.0 Å². The van der Waals surface area contributed by atoms with Crippen LogP contribution in [-0.4, -0.2) is 44.8 Å². The zero-order valence-electron chi connectivity index (χ0n) is 11.4. The number of ether oxygens (including phenoxy) is 2. The van der Waals surface area contributed by atoms with Gasteiger partial charge in [0.1, 0.15) is 0 Å². The molecule has 21 heavy (non-hydrogen) atoms. The zero-order chi connectivity index (χ0) is 15.1. The molecule has 1 aromatic rings. The van der Waals surface area contributed by atoms with Gasteiger partial charge in [0, 0.05) is 36.1 Å². The molecule has 0 aromatic heterocycles. The molecule has 2 saturated heterocycles. The third kappa shape index (κ3) is 2.83. The first-order valence-electron chi connectivity index (χ1n) is 6.76. The summed E-state index contributed by atoms with van der Waals surface area (Å²) in [6.45, 7) is 1.93. The summed E-state index contributed by atoms with van der Waals surface area (Å²) in [5.74, 6) is -0.579. The van der Waals surface area contributed by atoms with E-state index in [2.05, 4.69) is 15.9 Å². The molecule has 0 bridgehead atoms. The minimum absolute atomic E-state index is 0.215. The highest BCUT2D eigenvalue weighted by atomic mass is 79.9. The monoisotopic (exact) mass is 376 g/mol. The zero-order valence-corrected chi connectivity index (χ0v) is 13.8.